The second-order valence-corrected chi connectivity index (χ2v) is 4.51. The van der Waals surface area contributed by atoms with E-state index in [1.807, 2.05) is 20.0 Å². The maximum atomic E-state index is 5.45. The summed E-state index contributed by atoms with van der Waals surface area (Å²) in [6.07, 6.45) is 2.35. The van der Waals surface area contributed by atoms with E-state index < -0.39 is 0 Å². The van der Waals surface area contributed by atoms with Gasteiger partial charge in [0.25, 0.3) is 0 Å². The average molecular weight is 251 g/mol. The van der Waals surface area contributed by atoms with Crippen LogP contribution < -0.4 is 16.2 Å². The molecule has 0 unspecified atom stereocenters. The molecule has 2 rings (SSSR count). The van der Waals surface area contributed by atoms with E-state index >= 15 is 0 Å². The lowest BCUT2D eigenvalue weighted by atomic mass is 10.3. The van der Waals surface area contributed by atoms with E-state index in [2.05, 4.69) is 20.3 Å². The Hall–Kier alpha value is -1.40. The molecule has 0 saturated heterocycles. The molecule has 0 aromatic carbocycles. The van der Waals surface area contributed by atoms with Gasteiger partial charge in [0.2, 0.25) is 0 Å². The SMILES string of the molecule is CCOCCN(C)c1cc(NN)nc(C2CC2)n1. The van der Waals surface area contributed by atoms with Crippen molar-refractivity contribution in [2.24, 2.45) is 5.84 Å². The van der Waals surface area contributed by atoms with Crippen LogP contribution in [-0.2, 0) is 4.74 Å². The van der Waals surface area contributed by atoms with Gasteiger partial charge in [-0.25, -0.2) is 15.8 Å². The van der Waals surface area contributed by atoms with Crippen LogP contribution in [0.4, 0.5) is 11.6 Å². The Bertz CT molecular complexity index is 394. The van der Waals surface area contributed by atoms with Crippen molar-refractivity contribution in [2.75, 3.05) is 37.1 Å². The van der Waals surface area contributed by atoms with Gasteiger partial charge in [-0.1, -0.05) is 0 Å². The van der Waals surface area contributed by atoms with Gasteiger partial charge in [0.15, 0.2) is 0 Å². The second kappa shape index (κ2) is 5.97. The van der Waals surface area contributed by atoms with Crippen LogP contribution in [0.5, 0.6) is 0 Å². The third kappa shape index (κ3) is 3.30. The first kappa shape index (κ1) is 13.0. The van der Waals surface area contributed by atoms with Crippen molar-refractivity contribution in [1.29, 1.82) is 0 Å². The van der Waals surface area contributed by atoms with E-state index in [-0.39, 0.29) is 0 Å². The topological polar surface area (TPSA) is 76.3 Å². The minimum atomic E-state index is 0.511. The van der Waals surface area contributed by atoms with Crippen molar-refractivity contribution < 1.29 is 4.74 Å². The summed E-state index contributed by atoms with van der Waals surface area (Å²) in [5, 5.41) is 0. The monoisotopic (exact) mass is 251 g/mol. The van der Waals surface area contributed by atoms with Crippen molar-refractivity contribution in [3.05, 3.63) is 11.9 Å². The van der Waals surface area contributed by atoms with E-state index in [1.54, 1.807) is 0 Å². The summed E-state index contributed by atoms with van der Waals surface area (Å²) in [5.41, 5.74) is 2.60. The Kier molecular flexibility index (Phi) is 4.33. The quantitative estimate of drug-likeness (QED) is 0.429. The summed E-state index contributed by atoms with van der Waals surface area (Å²) in [6, 6.07) is 1.86. The fourth-order valence-electron chi connectivity index (χ4n) is 1.71. The maximum Gasteiger partial charge on any atom is 0.145 e. The van der Waals surface area contributed by atoms with Gasteiger partial charge in [-0.2, -0.15) is 0 Å². The third-order valence-corrected chi connectivity index (χ3v) is 2.99. The second-order valence-electron chi connectivity index (χ2n) is 4.51. The molecule has 0 radical (unpaired) electrons. The zero-order valence-corrected chi connectivity index (χ0v) is 11.0. The summed E-state index contributed by atoms with van der Waals surface area (Å²) in [5.74, 6) is 8.41. The first-order valence-electron chi connectivity index (χ1n) is 6.39. The number of ether oxygens (including phenoxy) is 1. The lowest BCUT2D eigenvalue weighted by Crippen LogP contribution is -2.24. The number of aromatic nitrogens is 2. The molecule has 1 aliphatic carbocycles. The maximum absolute atomic E-state index is 5.45. The molecule has 0 amide bonds. The van der Waals surface area contributed by atoms with E-state index in [9.17, 15) is 0 Å². The first-order chi connectivity index (χ1) is 8.74. The Morgan fingerprint density at radius 1 is 1.50 bits per heavy atom. The number of rotatable bonds is 7. The van der Waals surface area contributed by atoms with Crippen molar-refractivity contribution in [3.8, 4) is 0 Å². The number of nitrogens with one attached hydrogen (secondary N) is 1. The largest absolute Gasteiger partial charge is 0.380 e. The highest BCUT2D eigenvalue weighted by Gasteiger charge is 2.27. The molecule has 18 heavy (non-hydrogen) atoms. The fourth-order valence-corrected chi connectivity index (χ4v) is 1.71. The standard InChI is InChI=1S/C12H21N5O/c1-3-18-7-6-17(2)11-8-10(16-13)14-12(15-11)9-4-5-9/h8-9H,3-7,13H2,1-2H3,(H,14,15,16). The molecular weight excluding hydrogens is 230 g/mol. The molecule has 1 aromatic rings. The highest BCUT2D eigenvalue weighted by Crippen LogP contribution is 2.38. The number of nitrogens with two attached hydrogens (primary N) is 1. The highest BCUT2D eigenvalue weighted by molar-refractivity contribution is 5.49. The summed E-state index contributed by atoms with van der Waals surface area (Å²) >= 11 is 0. The van der Waals surface area contributed by atoms with Gasteiger partial charge in [0, 0.05) is 32.2 Å². The van der Waals surface area contributed by atoms with Gasteiger partial charge >= 0.3 is 0 Å². The number of likely N-dealkylation sites (N-methyl/N-ethyl adjacent to an activating group) is 1. The predicted molar refractivity (Wildman–Crippen MR) is 71.6 cm³/mol. The number of anilines is 2. The summed E-state index contributed by atoms with van der Waals surface area (Å²) in [7, 11) is 2.00. The molecule has 1 aromatic heterocycles. The molecule has 0 aliphatic heterocycles. The van der Waals surface area contributed by atoms with Crippen molar-refractivity contribution >= 4 is 11.6 Å². The van der Waals surface area contributed by atoms with Crippen LogP contribution in [0.25, 0.3) is 0 Å². The Morgan fingerprint density at radius 2 is 2.28 bits per heavy atom. The van der Waals surface area contributed by atoms with E-state index in [1.165, 1.54) is 12.8 Å². The molecule has 3 N–H and O–H groups in total. The van der Waals surface area contributed by atoms with Crippen LogP contribution in [0, 0.1) is 0 Å². The van der Waals surface area contributed by atoms with Gasteiger partial charge in [-0.05, 0) is 19.8 Å². The Morgan fingerprint density at radius 3 is 2.89 bits per heavy atom. The van der Waals surface area contributed by atoms with Crippen LogP contribution in [0.3, 0.4) is 0 Å². The van der Waals surface area contributed by atoms with E-state index in [4.69, 9.17) is 10.6 Å². The van der Waals surface area contributed by atoms with Gasteiger partial charge in [-0.15, -0.1) is 0 Å². The zero-order chi connectivity index (χ0) is 13.0. The van der Waals surface area contributed by atoms with Crippen molar-refractivity contribution in [1.82, 2.24) is 9.97 Å². The van der Waals surface area contributed by atoms with Gasteiger partial charge in [0.05, 0.1) is 6.61 Å². The number of hydrogen-bond donors (Lipinski definition) is 2. The summed E-state index contributed by atoms with van der Waals surface area (Å²) in [6.45, 7) is 4.23. The average Bonchev–Trinajstić information content (AvgIpc) is 3.22. The van der Waals surface area contributed by atoms with Gasteiger partial charge in [-0.3, -0.25) is 0 Å². The summed E-state index contributed by atoms with van der Waals surface area (Å²) in [4.78, 5) is 11.0. The minimum absolute atomic E-state index is 0.511. The Balaban J connectivity index is 2.07. The molecule has 100 valence electrons. The van der Waals surface area contributed by atoms with Crippen LogP contribution in [0.1, 0.15) is 31.5 Å². The van der Waals surface area contributed by atoms with Crippen molar-refractivity contribution in [3.63, 3.8) is 0 Å². The van der Waals surface area contributed by atoms with E-state index in [0.29, 0.717) is 18.3 Å². The predicted octanol–water partition coefficient (Wildman–Crippen LogP) is 1.11. The summed E-state index contributed by atoms with van der Waals surface area (Å²) < 4.78 is 5.35. The van der Waals surface area contributed by atoms with Crippen molar-refractivity contribution in [2.45, 2.75) is 25.7 Å². The van der Waals surface area contributed by atoms with Crippen LogP contribution in [0.15, 0.2) is 6.07 Å². The van der Waals surface area contributed by atoms with Crippen LogP contribution >= 0.6 is 0 Å². The lowest BCUT2D eigenvalue weighted by molar-refractivity contribution is 0.154. The fraction of sp³-hybridized carbons (Fsp3) is 0.667. The number of nitrogens with zero attached hydrogens (tertiary/aromatic N) is 3. The molecular formula is C12H21N5O. The first-order valence-corrected chi connectivity index (χ1v) is 6.39. The van der Waals surface area contributed by atoms with Crippen LogP contribution in [-0.4, -0.2) is 36.8 Å². The zero-order valence-electron chi connectivity index (χ0n) is 11.0. The smallest absolute Gasteiger partial charge is 0.145 e. The third-order valence-electron chi connectivity index (χ3n) is 2.99. The molecule has 1 fully saturated rings. The van der Waals surface area contributed by atoms with E-state index in [0.717, 1.165) is 24.8 Å². The highest BCUT2D eigenvalue weighted by atomic mass is 16.5. The molecule has 0 atom stereocenters. The van der Waals surface area contributed by atoms with Gasteiger partial charge < -0.3 is 15.1 Å². The van der Waals surface area contributed by atoms with Crippen LogP contribution in [0.2, 0.25) is 0 Å². The molecule has 0 bridgehead atoms. The molecule has 6 heteroatoms. The molecule has 1 heterocycles. The number of hydrazine groups is 1. The molecule has 1 aliphatic rings. The minimum Gasteiger partial charge on any atom is -0.380 e. The lowest BCUT2D eigenvalue weighted by Gasteiger charge is -2.19. The number of nitrogen functional groups attached to an aromatic ring is 1. The normalized spacial score (nSPS) is 14.6. The number of hydrogen-bond acceptors (Lipinski definition) is 6. The van der Waals surface area contributed by atoms with Gasteiger partial charge in [0.1, 0.15) is 17.5 Å². The molecule has 0 spiro atoms. The Labute approximate surface area is 108 Å². The molecule has 6 nitrogen and oxygen atoms in total. The molecule has 1 saturated carbocycles.